The molecule has 0 saturated heterocycles. The molecule has 0 radical (unpaired) electrons. The third-order valence-corrected chi connectivity index (χ3v) is 3.58. The normalized spacial score (nSPS) is 15.5. The molecule has 0 aromatic carbocycles. The molecule has 0 fully saturated rings. The average molecular weight is 277 g/mol. The van der Waals surface area contributed by atoms with E-state index in [0.717, 1.165) is 19.3 Å². The van der Waals surface area contributed by atoms with Crippen LogP contribution in [0.1, 0.15) is 46.5 Å². The van der Waals surface area contributed by atoms with E-state index in [1.54, 1.807) is 14.0 Å². The van der Waals surface area contributed by atoms with E-state index in [-0.39, 0.29) is 12.2 Å². The van der Waals surface area contributed by atoms with E-state index in [9.17, 15) is 0 Å². The van der Waals surface area contributed by atoms with E-state index in [2.05, 4.69) is 13.8 Å². The van der Waals surface area contributed by atoms with Gasteiger partial charge >= 0.3 is 0 Å². The van der Waals surface area contributed by atoms with Crippen LogP contribution in [0.25, 0.3) is 0 Å². The predicted octanol–water partition coefficient (Wildman–Crippen LogP) is 1.67. The van der Waals surface area contributed by atoms with Gasteiger partial charge in [-0.1, -0.05) is 13.8 Å². The van der Waals surface area contributed by atoms with Crippen molar-refractivity contribution < 1.29 is 19.3 Å². The molecule has 5 heteroatoms. The summed E-state index contributed by atoms with van der Waals surface area (Å²) < 4.78 is 16.6. The molecule has 5 nitrogen and oxygen atoms in total. The molecule has 0 bridgehead atoms. The van der Waals surface area contributed by atoms with Crippen molar-refractivity contribution in [3.05, 3.63) is 0 Å². The number of ether oxygens (including phenoxy) is 3. The number of aliphatic hydroxyl groups is 1. The fourth-order valence-corrected chi connectivity index (χ4v) is 1.99. The smallest absolute Gasteiger partial charge is 0.116 e. The summed E-state index contributed by atoms with van der Waals surface area (Å²) in [4.78, 5) is 0. The minimum Gasteiger partial charge on any atom is -0.396 e. The van der Waals surface area contributed by atoms with Crippen molar-refractivity contribution in [3.8, 4) is 0 Å². The molecule has 0 aliphatic heterocycles. The van der Waals surface area contributed by atoms with Crippen LogP contribution in [0.15, 0.2) is 0 Å². The molecular weight excluding hydrogens is 246 g/mol. The molecule has 1 unspecified atom stereocenters. The summed E-state index contributed by atoms with van der Waals surface area (Å²) in [7, 11) is 1.67. The highest BCUT2D eigenvalue weighted by molar-refractivity contribution is 4.78. The van der Waals surface area contributed by atoms with Gasteiger partial charge in [0.2, 0.25) is 0 Å². The number of hydrogen-bond acceptors (Lipinski definition) is 5. The Labute approximate surface area is 117 Å². The quantitative estimate of drug-likeness (QED) is 0.419. The van der Waals surface area contributed by atoms with Gasteiger partial charge in [0, 0.05) is 20.1 Å². The van der Waals surface area contributed by atoms with Crippen molar-refractivity contribution in [3.63, 3.8) is 0 Å². The molecule has 0 aliphatic carbocycles. The summed E-state index contributed by atoms with van der Waals surface area (Å²) in [5.41, 5.74) is 4.98. The first-order valence-electron chi connectivity index (χ1n) is 7.12. The first-order valence-corrected chi connectivity index (χ1v) is 7.12. The van der Waals surface area contributed by atoms with E-state index < -0.39 is 5.72 Å². The Bertz CT molecular complexity index is 217. The zero-order valence-electron chi connectivity index (χ0n) is 12.9. The Balaban J connectivity index is 4.19. The van der Waals surface area contributed by atoms with E-state index >= 15 is 0 Å². The molecule has 19 heavy (non-hydrogen) atoms. The van der Waals surface area contributed by atoms with Crippen LogP contribution in [0.5, 0.6) is 0 Å². The van der Waals surface area contributed by atoms with Crippen LogP contribution in [-0.4, -0.2) is 50.0 Å². The summed E-state index contributed by atoms with van der Waals surface area (Å²) in [6, 6.07) is 0. The number of aliphatic hydroxyl groups excluding tert-OH is 1. The summed E-state index contributed by atoms with van der Waals surface area (Å²) in [5.74, 6) is 0. The van der Waals surface area contributed by atoms with Crippen LogP contribution in [0.3, 0.4) is 0 Å². The molecule has 3 N–H and O–H groups in total. The maximum absolute atomic E-state index is 8.90. The first-order chi connectivity index (χ1) is 8.95. The second-order valence-electron chi connectivity index (χ2n) is 5.12. The molecule has 0 spiro atoms. The van der Waals surface area contributed by atoms with Gasteiger partial charge in [0.25, 0.3) is 0 Å². The topological polar surface area (TPSA) is 73.9 Å². The molecule has 0 amide bonds. The lowest BCUT2D eigenvalue weighted by Crippen LogP contribution is -2.42. The Morgan fingerprint density at radius 1 is 1.00 bits per heavy atom. The second kappa shape index (κ2) is 9.66. The second-order valence-corrected chi connectivity index (χ2v) is 5.12. The third kappa shape index (κ3) is 7.84. The molecule has 0 aliphatic rings. The molecule has 0 saturated carbocycles. The lowest BCUT2D eigenvalue weighted by atomic mass is 9.93. The Hall–Kier alpha value is -0.200. The number of rotatable bonds is 12. The maximum Gasteiger partial charge on any atom is 0.116 e. The van der Waals surface area contributed by atoms with Gasteiger partial charge in [0.15, 0.2) is 0 Å². The van der Waals surface area contributed by atoms with Crippen molar-refractivity contribution in [2.45, 2.75) is 57.8 Å². The Morgan fingerprint density at radius 2 is 1.63 bits per heavy atom. The zero-order chi connectivity index (χ0) is 14.8. The van der Waals surface area contributed by atoms with Crippen molar-refractivity contribution in [2.75, 3.05) is 33.5 Å². The van der Waals surface area contributed by atoms with E-state index in [4.69, 9.17) is 25.1 Å². The van der Waals surface area contributed by atoms with Gasteiger partial charge in [-0.15, -0.1) is 0 Å². The molecule has 0 heterocycles. The number of methoxy groups -OCH3 is 1. The van der Waals surface area contributed by atoms with Gasteiger partial charge in [0.05, 0.1) is 25.4 Å². The predicted molar refractivity (Wildman–Crippen MR) is 76.0 cm³/mol. The van der Waals surface area contributed by atoms with Crippen LogP contribution in [0, 0.1) is 0 Å². The largest absolute Gasteiger partial charge is 0.396 e. The lowest BCUT2D eigenvalue weighted by Gasteiger charge is -2.33. The van der Waals surface area contributed by atoms with Gasteiger partial charge in [-0.2, -0.15) is 0 Å². The molecule has 1 atom stereocenters. The SMILES string of the molecule is CCC(CC)(CCOC(C)(N)CCO)OCCOC. The number of nitrogens with two attached hydrogens (primary N) is 1. The van der Waals surface area contributed by atoms with Crippen LogP contribution in [-0.2, 0) is 14.2 Å². The van der Waals surface area contributed by atoms with Gasteiger partial charge < -0.3 is 25.1 Å². The fraction of sp³-hybridized carbons (Fsp3) is 1.00. The first kappa shape index (κ1) is 18.8. The third-order valence-electron chi connectivity index (χ3n) is 3.58. The standard InChI is InChI=1S/C14H31NO4/c1-5-14(6-2,19-12-11-17-4)8-10-18-13(3,15)7-9-16/h16H,5-12,15H2,1-4H3. The van der Waals surface area contributed by atoms with Crippen molar-refractivity contribution in [2.24, 2.45) is 5.73 Å². The van der Waals surface area contributed by atoms with Crippen molar-refractivity contribution >= 4 is 0 Å². The highest BCUT2D eigenvalue weighted by Gasteiger charge is 2.28. The Kier molecular flexibility index (Phi) is 9.56. The Morgan fingerprint density at radius 3 is 2.11 bits per heavy atom. The van der Waals surface area contributed by atoms with Crippen LogP contribution < -0.4 is 5.73 Å². The van der Waals surface area contributed by atoms with Crippen molar-refractivity contribution in [1.29, 1.82) is 0 Å². The maximum atomic E-state index is 8.90. The summed E-state index contributed by atoms with van der Waals surface area (Å²) >= 11 is 0. The van der Waals surface area contributed by atoms with Crippen LogP contribution in [0.4, 0.5) is 0 Å². The summed E-state index contributed by atoms with van der Waals surface area (Å²) in [6.07, 6.45) is 3.08. The van der Waals surface area contributed by atoms with Gasteiger partial charge in [-0.05, 0) is 26.2 Å². The molecule has 116 valence electrons. The lowest BCUT2D eigenvalue weighted by molar-refractivity contribution is -0.106. The molecule has 0 aromatic rings. The molecule has 0 rings (SSSR count). The van der Waals surface area contributed by atoms with Gasteiger partial charge in [0.1, 0.15) is 5.72 Å². The number of hydrogen-bond donors (Lipinski definition) is 2. The average Bonchev–Trinajstić information content (AvgIpc) is 2.37. The van der Waals surface area contributed by atoms with Gasteiger partial charge in [-0.3, -0.25) is 0 Å². The minimum atomic E-state index is -0.769. The van der Waals surface area contributed by atoms with Gasteiger partial charge in [-0.25, -0.2) is 0 Å². The highest BCUT2D eigenvalue weighted by atomic mass is 16.5. The van der Waals surface area contributed by atoms with E-state index in [1.807, 2.05) is 0 Å². The summed E-state index contributed by atoms with van der Waals surface area (Å²) in [5, 5.41) is 8.90. The minimum absolute atomic E-state index is 0.0318. The van der Waals surface area contributed by atoms with Crippen LogP contribution in [0.2, 0.25) is 0 Å². The van der Waals surface area contributed by atoms with E-state index in [0.29, 0.717) is 26.2 Å². The van der Waals surface area contributed by atoms with E-state index in [1.165, 1.54) is 0 Å². The monoisotopic (exact) mass is 277 g/mol. The summed E-state index contributed by atoms with van der Waals surface area (Å²) in [6.45, 7) is 7.77. The van der Waals surface area contributed by atoms with Crippen molar-refractivity contribution in [1.82, 2.24) is 0 Å². The van der Waals surface area contributed by atoms with Crippen LogP contribution >= 0.6 is 0 Å². The highest BCUT2D eigenvalue weighted by Crippen LogP contribution is 2.25. The molecule has 0 aromatic heterocycles. The zero-order valence-corrected chi connectivity index (χ0v) is 12.9. The fourth-order valence-electron chi connectivity index (χ4n) is 1.99. The molecular formula is C14H31NO4.